The Kier molecular flexibility index (Phi) is 7.59. The van der Waals surface area contributed by atoms with Gasteiger partial charge in [0.05, 0.1) is 11.4 Å². The predicted molar refractivity (Wildman–Crippen MR) is 101 cm³/mol. The molecular formula is C18H22F3N5O3. The van der Waals surface area contributed by atoms with Crippen molar-refractivity contribution < 1.29 is 27.9 Å². The summed E-state index contributed by atoms with van der Waals surface area (Å²) in [6.07, 6.45) is -3.27. The third-order valence-corrected chi connectivity index (χ3v) is 4.05. The van der Waals surface area contributed by atoms with Gasteiger partial charge >= 0.3 is 12.1 Å². The summed E-state index contributed by atoms with van der Waals surface area (Å²) in [6, 6.07) is 9.66. The molecule has 3 N–H and O–H groups in total. The highest BCUT2D eigenvalue weighted by Crippen LogP contribution is 2.26. The summed E-state index contributed by atoms with van der Waals surface area (Å²) in [5.74, 6) is -2.93. The summed E-state index contributed by atoms with van der Waals surface area (Å²) < 4.78 is 33.5. The van der Waals surface area contributed by atoms with Gasteiger partial charge in [0.2, 0.25) is 0 Å². The molecule has 1 saturated heterocycles. The molecular weight excluding hydrogens is 391 g/mol. The van der Waals surface area contributed by atoms with Gasteiger partial charge < -0.3 is 20.6 Å². The van der Waals surface area contributed by atoms with E-state index < -0.39 is 12.1 Å². The number of rotatable bonds is 4. The number of anilines is 2. The number of carboxylic acid groups (broad SMARTS) is 1. The third kappa shape index (κ3) is 6.49. The number of carbonyl (C=O) groups excluding carboxylic acids is 1. The summed E-state index contributed by atoms with van der Waals surface area (Å²) in [7, 11) is 0. The Morgan fingerprint density at radius 2 is 1.83 bits per heavy atom. The molecule has 29 heavy (non-hydrogen) atoms. The van der Waals surface area contributed by atoms with Crippen LogP contribution in [0.5, 0.6) is 0 Å². The normalized spacial score (nSPS) is 14.0. The molecule has 0 radical (unpaired) electrons. The molecule has 1 aliphatic rings. The van der Waals surface area contributed by atoms with Crippen LogP contribution >= 0.6 is 0 Å². The molecule has 0 saturated carbocycles. The van der Waals surface area contributed by atoms with Crippen LogP contribution in [0.3, 0.4) is 0 Å². The van der Waals surface area contributed by atoms with Crippen molar-refractivity contribution in [1.29, 1.82) is 0 Å². The van der Waals surface area contributed by atoms with Gasteiger partial charge in [0, 0.05) is 38.9 Å². The van der Waals surface area contributed by atoms with Crippen LogP contribution < -0.4 is 15.5 Å². The minimum Gasteiger partial charge on any atom is -0.475 e. The van der Waals surface area contributed by atoms with Gasteiger partial charge in [0.1, 0.15) is 0 Å². The number of nitrogens with one attached hydrogen (secondary N) is 2. The average molecular weight is 413 g/mol. The molecule has 0 atom stereocenters. The van der Waals surface area contributed by atoms with Crippen LogP contribution in [0.15, 0.2) is 36.5 Å². The quantitative estimate of drug-likeness (QED) is 0.711. The SMILES string of the molecule is CCn1ccc(C(=O)Nc2ccccc2N2CCNCC2)n1.O=C(O)C(F)(F)F. The highest BCUT2D eigenvalue weighted by Gasteiger charge is 2.38. The van der Waals surface area contributed by atoms with Gasteiger partial charge in [0.25, 0.3) is 5.91 Å². The molecule has 0 aliphatic carbocycles. The molecule has 1 aromatic carbocycles. The maximum Gasteiger partial charge on any atom is 0.490 e. The number of aliphatic carboxylic acids is 1. The maximum absolute atomic E-state index is 12.4. The van der Waals surface area contributed by atoms with E-state index >= 15 is 0 Å². The summed E-state index contributed by atoms with van der Waals surface area (Å²) in [6.45, 7) is 6.56. The lowest BCUT2D eigenvalue weighted by molar-refractivity contribution is -0.192. The first kappa shape index (κ1) is 22.2. The van der Waals surface area contributed by atoms with Crippen molar-refractivity contribution in [1.82, 2.24) is 15.1 Å². The van der Waals surface area contributed by atoms with E-state index in [2.05, 4.69) is 20.6 Å². The van der Waals surface area contributed by atoms with Crippen LogP contribution in [-0.4, -0.2) is 59.1 Å². The Morgan fingerprint density at radius 3 is 2.38 bits per heavy atom. The predicted octanol–water partition coefficient (Wildman–Crippen LogP) is 2.20. The first-order valence-electron chi connectivity index (χ1n) is 8.92. The lowest BCUT2D eigenvalue weighted by Crippen LogP contribution is -2.43. The third-order valence-electron chi connectivity index (χ3n) is 4.05. The number of hydrogen-bond acceptors (Lipinski definition) is 5. The van der Waals surface area contributed by atoms with E-state index in [9.17, 15) is 18.0 Å². The second-order valence-corrected chi connectivity index (χ2v) is 6.07. The fourth-order valence-corrected chi connectivity index (χ4v) is 2.61. The van der Waals surface area contributed by atoms with Gasteiger partial charge in [0.15, 0.2) is 5.69 Å². The van der Waals surface area contributed by atoms with Crippen molar-refractivity contribution in [2.45, 2.75) is 19.6 Å². The number of benzene rings is 1. The van der Waals surface area contributed by atoms with E-state index in [1.807, 2.05) is 37.4 Å². The first-order chi connectivity index (χ1) is 13.7. The van der Waals surface area contributed by atoms with Crippen LogP contribution in [0.25, 0.3) is 0 Å². The maximum atomic E-state index is 12.4. The number of carboxylic acids is 1. The molecule has 3 rings (SSSR count). The zero-order valence-corrected chi connectivity index (χ0v) is 15.7. The summed E-state index contributed by atoms with van der Waals surface area (Å²) >= 11 is 0. The van der Waals surface area contributed by atoms with Crippen molar-refractivity contribution in [3.63, 3.8) is 0 Å². The van der Waals surface area contributed by atoms with Gasteiger partial charge in [-0.25, -0.2) is 4.79 Å². The lowest BCUT2D eigenvalue weighted by Gasteiger charge is -2.31. The van der Waals surface area contributed by atoms with Crippen molar-refractivity contribution >= 4 is 23.3 Å². The average Bonchev–Trinajstić information content (AvgIpc) is 3.18. The van der Waals surface area contributed by atoms with Gasteiger partial charge in [-0.2, -0.15) is 18.3 Å². The molecule has 0 bridgehead atoms. The van der Waals surface area contributed by atoms with Crippen LogP contribution in [0.4, 0.5) is 24.5 Å². The number of halogens is 3. The zero-order chi connectivity index (χ0) is 21.4. The van der Waals surface area contributed by atoms with Crippen molar-refractivity contribution in [2.75, 3.05) is 36.4 Å². The smallest absolute Gasteiger partial charge is 0.475 e. The molecule has 11 heteroatoms. The Hall–Kier alpha value is -3.08. The Labute approximate surface area is 165 Å². The lowest BCUT2D eigenvalue weighted by atomic mass is 10.2. The van der Waals surface area contributed by atoms with E-state index in [1.165, 1.54) is 0 Å². The number of alkyl halides is 3. The number of amides is 1. The number of carbonyl (C=O) groups is 2. The van der Waals surface area contributed by atoms with Crippen LogP contribution in [0.2, 0.25) is 0 Å². The molecule has 0 spiro atoms. The highest BCUT2D eigenvalue weighted by molar-refractivity contribution is 6.04. The monoisotopic (exact) mass is 413 g/mol. The summed E-state index contributed by atoms with van der Waals surface area (Å²) in [5, 5.41) is 17.7. The second-order valence-electron chi connectivity index (χ2n) is 6.07. The zero-order valence-electron chi connectivity index (χ0n) is 15.7. The van der Waals surface area contributed by atoms with Gasteiger partial charge in [-0.15, -0.1) is 0 Å². The van der Waals surface area contributed by atoms with Gasteiger partial charge in [-0.05, 0) is 25.1 Å². The topological polar surface area (TPSA) is 99.5 Å². The number of aryl methyl sites for hydroxylation is 1. The van der Waals surface area contributed by atoms with Crippen molar-refractivity contribution in [3.8, 4) is 0 Å². The molecule has 2 aromatic rings. The standard InChI is InChI=1S/C16H21N5O.C2HF3O2/c1-2-21-10-7-14(19-21)16(22)18-13-5-3-4-6-15(13)20-11-8-17-9-12-20;3-2(4,5)1(6)7/h3-7,10,17H,2,8-9,11-12H2,1H3,(H,18,22);(H,6,7). The fraction of sp³-hybridized carbons (Fsp3) is 0.389. The van der Waals surface area contributed by atoms with E-state index in [1.54, 1.807) is 10.7 Å². The molecule has 1 fully saturated rings. The van der Waals surface area contributed by atoms with E-state index in [0.29, 0.717) is 5.69 Å². The summed E-state index contributed by atoms with van der Waals surface area (Å²) in [4.78, 5) is 23.5. The number of para-hydroxylation sites is 2. The van der Waals surface area contributed by atoms with Gasteiger partial charge in [-0.1, -0.05) is 12.1 Å². The largest absolute Gasteiger partial charge is 0.490 e. The molecule has 1 aliphatic heterocycles. The number of nitrogens with zero attached hydrogens (tertiary/aromatic N) is 3. The fourth-order valence-electron chi connectivity index (χ4n) is 2.61. The number of aromatic nitrogens is 2. The minimum absolute atomic E-state index is 0.171. The molecule has 0 unspecified atom stereocenters. The minimum atomic E-state index is -5.08. The molecule has 1 amide bonds. The van der Waals surface area contributed by atoms with E-state index in [-0.39, 0.29) is 5.91 Å². The number of piperazine rings is 1. The molecule has 1 aromatic heterocycles. The van der Waals surface area contributed by atoms with Crippen molar-refractivity contribution in [3.05, 3.63) is 42.2 Å². The Balaban J connectivity index is 0.000000370. The van der Waals surface area contributed by atoms with E-state index in [4.69, 9.17) is 9.90 Å². The Bertz CT molecular complexity index is 832. The van der Waals surface area contributed by atoms with Gasteiger partial charge in [-0.3, -0.25) is 9.48 Å². The first-order valence-corrected chi connectivity index (χ1v) is 8.92. The van der Waals surface area contributed by atoms with E-state index in [0.717, 1.165) is 44.1 Å². The molecule has 158 valence electrons. The van der Waals surface area contributed by atoms with Crippen LogP contribution in [0, 0.1) is 0 Å². The van der Waals surface area contributed by atoms with Crippen LogP contribution in [-0.2, 0) is 11.3 Å². The van der Waals surface area contributed by atoms with Crippen molar-refractivity contribution in [2.24, 2.45) is 0 Å². The van der Waals surface area contributed by atoms with Crippen LogP contribution in [0.1, 0.15) is 17.4 Å². The molecule has 2 heterocycles. The Morgan fingerprint density at radius 1 is 1.21 bits per heavy atom. The number of hydrogen-bond donors (Lipinski definition) is 3. The molecule has 8 nitrogen and oxygen atoms in total. The summed E-state index contributed by atoms with van der Waals surface area (Å²) in [5.41, 5.74) is 2.34. The second kappa shape index (κ2) is 9.92. The highest BCUT2D eigenvalue weighted by atomic mass is 19.4.